The van der Waals surface area contributed by atoms with Crippen molar-refractivity contribution >= 4 is 42.2 Å². The van der Waals surface area contributed by atoms with Crippen LogP contribution in [0, 0.1) is 0 Å². The van der Waals surface area contributed by atoms with E-state index in [4.69, 9.17) is 0 Å². The number of hydrogen-bond acceptors (Lipinski definition) is 3. The van der Waals surface area contributed by atoms with E-state index in [1.807, 2.05) is 12.1 Å². The van der Waals surface area contributed by atoms with Crippen molar-refractivity contribution in [3.8, 4) is 5.75 Å². The normalized spacial score (nSPS) is 10.6. The van der Waals surface area contributed by atoms with Gasteiger partial charge in [-0.1, -0.05) is 0 Å². The standard InChI is InChI=1S/C7H6AsNOS/c8-7-9-6-4(10)2-1-3-5(6)11-7/h1-3,10H,8H2. The molecule has 2 rings (SSSR count). The van der Waals surface area contributed by atoms with Crippen LogP contribution < -0.4 is 3.80 Å². The topological polar surface area (TPSA) is 33.1 Å². The van der Waals surface area contributed by atoms with Gasteiger partial charge >= 0.3 is 76.2 Å². The third-order valence-electron chi connectivity index (χ3n) is 1.41. The molecule has 1 heterocycles. The van der Waals surface area contributed by atoms with Gasteiger partial charge in [0.15, 0.2) is 0 Å². The van der Waals surface area contributed by atoms with Gasteiger partial charge in [0.25, 0.3) is 0 Å². The van der Waals surface area contributed by atoms with Crippen molar-refractivity contribution in [2.24, 2.45) is 0 Å². The number of para-hydroxylation sites is 1. The van der Waals surface area contributed by atoms with Crippen molar-refractivity contribution in [2.45, 2.75) is 0 Å². The average molecular weight is 227 g/mol. The minimum absolute atomic E-state index is 0.280. The summed E-state index contributed by atoms with van der Waals surface area (Å²) < 4.78 is 2.11. The van der Waals surface area contributed by atoms with E-state index in [1.165, 1.54) is 16.9 Å². The van der Waals surface area contributed by atoms with Crippen LogP contribution in [0.3, 0.4) is 0 Å². The van der Waals surface area contributed by atoms with E-state index in [0.29, 0.717) is 0 Å². The Kier molecular flexibility index (Phi) is 1.62. The molecule has 11 heavy (non-hydrogen) atoms. The summed E-state index contributed by atoms with van der Waals surface area (Å²) in [5.41, 5.74) is 0.733. The molecule has 56 valence electrons. The zero-order valence-electron chi connectivity index (χ0n) is 5.61. The van der Waals surface area contributed by atoms with Crippen molar-refractivity contribution < 1.29 is 5.11 Å². The Balaban J connectivity index is 2.90. The molecule has 1 aromatic heterocycles. The van der Waals surface area contributed by atoms with Gasteiger partial charge in [0, 0.05) is 0 Å². The number of phenolic OH excluding ortho intramolecular Hbond substituents is 1. The zero-order chi connectivity index (χ0) is 7.84. The second kappa shape index (κ2) is 2.50. The van der Waals surface area contributed by atoms with E-state index in [2.05, 4.69) is 4.98 Å². The Labute approximate surface area is 76.4 Å². The molecule has 2 aromatic rings. The minimum atomic E-state index is 0.280. The summed E-state index contributed by atoms with van der Waals surface area (Å²) in [6, 6.07) is 5.46. The zero-order valence-corrected chi connectivity index (χ0v) is 8.85. The van der Waals surface area contributed by atoms with E-state index >= 15 is 0 Å². The van der Waals surface area contributed by atoms with Crippen LogP contribution in [0.5, 0.6) is 5.75 Å². The first-order chi connectivity index (χ1) is 5.27. The molecule has 0 spiro atoms. The summed E-state index contributed by atoms with van der Waals surface area (Å²) >= 11 is 3.12. The van der Waals surface area contributed by atoms with Gasteiger partial charge in [-0.3, -0.25) is 0 Å². The van der Waals surface area contributed by atoms with Crippen molar-refractivity contribution in [1.82, 2.24) is 4.98 Å². The number of rotatable bonds is 0. The summed E-state index contributed by atoms with van der Waals surface area (Å²) in [4.78, 5) is 4.21. The molecule has 0 amide bonds. The molecule has 2 nitrogen and oxygen atoms in total. The monoisotopic (exact) mass is 227 g/mol. The van der Waals surface area contributed by atoms with Crippen LogP contribution in [0.15, 0.2) is 18.2 Å². The van der Waals surface area contributed by atoms with E-state index < -0.39 is 0 Å². The Hall–Kier alpha value is -0.532. The first-order valence-electron chi connectivity index (χ1n) is 3.11. The molecule has 0 aliphatic rings. The van der Waals surface area contributed by atoms with Gasteiger partial charge in [-0.05, 0) is 0 Å². The maximum absolute atomic E-state index is 9.34. The summed E-state index contributed by atoms with van der Waals surface area (Å²) in [7, 11) is 0. The van der Waals surface area contributed by atoms with Gasteiger partial charge in [-0.2, -0.15) is 0 Å². The summed E-state index contributed by atoms with van der Waals surface area (Å²) in [6.07, 6.45) is 0. The van der Waals surface area contributed by atoms with Crippen molar-refractivity contribution in [3.05, 3.63) is 18.2 Å². The fraction of sp³-hybridized carbons (Fsp3) is 0. The Morgan fingerprint density at radius 3 is 3.00 bits per heavy atom. The van der Waals surface area contributed by atoms with Gasteiger partial charge in [0.05, 0.1) is 0 Å². The molecule has 0 bridgehead atoms. The molecule has 1 aromatic carbocycles. The van der Waals surface area contributed by atoms with Crippen molar-refractivity contribution in [1.29, 1.82) is 0 Å². The summed E-state index contributed by atoms with van der Waals surface area (Å²) in [6.45, 7) is 0. The predicted octanol–water partition coefficient (Wildman–Crippen LogP) is 0.260. The number of thiazole rings is 1. The molecule has 1 N–H and O–H groups in total. The third-order valence-corrected chi connectivity index (χ3v) is 3.28. The van der Waals surface area contributed by atoms with Gasteiger partial charge < -0.3 is 0 Å². The second-order valence-electron chi connectivity index (χ2n) is 2.18. The van der Waals surface area contributed by atoms with Crippen LogP contribution in [0.4, 0.5) is 0 Å². The molecular formula is C7H6AsNOS. The molecule has 0 radical (unpaired) electrons. The average Bonchev–Trinajstić information content (AvgIpc) is 2.31. The summed E-state index contributed by atoms with van der Waals surface area (Å²) in [5.74, 6) is 0.280. The number of phenols is 1. The van der Waals surface area contributed by atoms with Crippen LogP contribution in [-0.4, -0.2) is 26.9 Å². The number of benzene rings is 1. The van der Waals surface area contributed by atoms with E-state index in [-0.39, 0.29) is 5.75 Å². The maximum atomic E-state index is 9.34. The Morgan fingerprint density at radius 2 is 2.27 bits per heavy atom. The van der Waals surface area contributed by atoms with E-state index in [1.54, 1.807) is 17.4 Å². The van der Waals surface area contributed by atoms with E-state index in [0.717, 1.165) is 14.0 Å². The number of aromatic nitrogens is 1. The number of fused-ring (bicyclic) bond motifs is 1. The van der Waals surface area contributed by atoms with Crippen molar-refractivity contribution in [3.63, 3.8) is 0 Å². The van der Waals surface area contributed by atoms with Crippen LogP contribution >= 0.6 is 11.3 Å². The third kappa shape index (κ3) is 1.15. The van der Waals surface area contributed by atoms with Crippen LogP contribution in [0.1, 0.15) is 0 Å². The number of nitrogens with zero attached hydrogens (tertiary/aromatic N) is 1. The molecule has 1 atom stereocenters. The Morgan fingerprint density at radius 1 is 1.45 bits per heavy atom. The SMILES string of the molecule is Oc1cccc2sc([AsH2])nc12. The fourth-order valence-electron chi connectivity index (χ4n) is 0.951. The van der Waals surface area contributed by atoms with E-state index in [9.17, 15) is 5.11 Å². The number of hydrogen-bond donors (Lipinski definition) is 1. The van der Waals surface area contributed by atoms with Gasteiger partial charge in [-0.15, -0.1) is 0 Å². The van der Waals surface area contributed by atoms with Gasteiger partial charge in [-0.25, -0.2) is 0 Å². The molecular weight excluding hydrogens is 221 g/mol. The van der Waals surface area contributed by atoms with Crippen molar-refractivity contribution in [2.75, 3.05) is 0 Å². The predicted molar refractivity (Wildman–Crippen MR) is 49.5 cm³/mol. The second-order valence-corrected chi connectivity index (χ2v) is 5.26. The molecule has 4 heteroatoms. The number of aromatic hydroxyl groups is 1. The molecule has 0 saturated carbocycles. The fourth-order valence-corrected chi connectivity index (χ4v) is 2.78. The molecule has 0 fully saturated rings. The first kappa shape index (κ1) is 7.14. The summed E-state index contributed by atoms with van der Waals surface area (Å²) in [5, 5.41) is 9.34. The first-order valence-corrected chi connectivity index (χ1v) is 5.14. The van der Waals surface area contributed by atoms with Gasteiger partial charge in [0.2, 0.25) is 0 Å². The van der Waals surface area contributed by atoms with Crippen LogP contribution in [-0.2, 0) is 0 Å². The molecule has 0 aliphatic carbocycles. The van der Waals surface area contributed by atoms with Crippen LogP contribution in [0.2, 0.25) is 0 Å². The van der Waals surface area contributed by atoms with Gasteiger partial charge in [0.1, 0.15) is 0 Å². The van der Waals surface area contributed by atoms with Crippen LogP contribution in [0.25, 0.3) is 10.2 Å². The quantitative estimate of drug-likeness (QED) is 0.655. The molecule has 1 unspecified atom stereocenters. The Bertz CT molecular complexity index is 398. The molecule has 0 aliphatic heterocycles. The molecule has 0 saturated heterocycles.